The molecule has 0 aliphatic carbocycles. The van der Waals surface area contributed by atoms with Crippen LogP contribution in [-0.2, 0) is 16.0 Å². The molecule has 3 heterocycles. The van der Waals surface area contributed by atoms with E-state index in [0.717, 1.165) is 6.42 Å². The lowest BCUT2D eigenvalue weighted by molar-refractivity contribution is -0.122. The predicted octanol–water partition coefficient (Wildman–Crippen LogP) is 0.694. The highest BCUT2D eigenvalue weighted by Gasteiger charge is 2.35. The minimum absolute atomic E-state index is 0.0946. The maximum Gasteiger partial charge on any atom is 0.330 e. The van der Waals surface area contributed by atoms with E-state index in [0.29, 0.717) is 18.5 Å². The van der Waals surface area contributed by atoms with Crippen LogP contribution >= 0.6 is 11.3 Å². The van der Waals surface area contributed by atoms with Crippen LogP contribution in [0.3, 0.4) is 0 Å². The van der Waals surface area contributed by atoms with Crippen molar-refractivity contribution in [3.63, 3.8) is 0 Å². The van der Waals surface area contributed by atoms with Crippen LogP contribution in [-0.4, -0.2) is 39.3 Å². The van der Waals surface area contributed by atoms with Crippen molar-refractivity contribution < 1.29 is 14.6 Å². The van der Waals surface area contributed by atoms with Gasteiger partial charge in [-0.25, -0.2) is 4.79 Å². The summed E-state index contributed by atoms with van der Waals surface area (Å²) < 4.78 is 7.04. The number of aliphatic hydroxyl groups is 1. The number of hydrogen-bond acceptors (Lipinski definition) is 6. The van der Waals surface area contributed by atoms with Crippen molar-refractivity contribution >= 4 is 17.2 Å². The molecule has 0 bridgehead atoms. The first-order valence-corrected chi connectivity index (χ1v) is 9.76. The van der Waals surface area contributed by atoms with Crippen molar-refractivity contribution in [3.8, 4) is 0 Å². The second-order valence-corrected chi connectivity index (χ2v) is 7.66. The van der Waals surface area contributed by atoms with Crippen molar-refractivity contribution in [2.75, 3.05) is 6.54 Å². The summed E-state index contributed by atoms with van der Waals surface area (Å²) in [6, 6.07) is 4.01. The number of aliphatic hydroxyl groups excluding tert-OH is 1. The monoisotopic (exact) mass is 393 g/mol. The Balaban J connectivity index is 1.48. The molecule has 1 aliphatic rings. The van der Waals surface area contributed by atoms with Crippen LogP contribution in [0.4, 0.5) is 0 Å². The third-order valence-electron chi connectivity index (χ3n) is 4.59. The first-order chi connectivity index (χ1) is 12.9. The minimum Gasteiger partial charge on any atom is -0.390 e. The van der Waals surface area contributed by atoms with Crippen LogP contribution in [0.2, 0.25) is 0 Å². The Morgan fingerprint density at radius 1 is 1.48 bits per heavy atom. The summed E-state index contributed by atoms with van der Waals surface area (Å²) in [4.78, 5) is 38.9. The smallest absolute Gasteiger partial charge is 0.330 e. The molecule has 3 rings (SSSR count). The molecule has 9 heteroatoms. The molecule has 2 aromatic rings. The Morgan fingerprint density at radius 2 is 2.30 bits per heavy atom. The second kappa shape index (κ2) is 8.64. The number of nitrogens with zero attached hydrogens (tertiary/aromatic N) is 1. The number of aryl methyl sites for hydroxylation is 1. The zero-order chi connectivity index (χ0) is 19.4. The third kappa shape index (κ3) is 4.94. The molecule has 0 aromatic carbocycles. The number of carbonyl (C=O) groups excluding carboxylic acids is 1. The van der Waals surface area contributed by atoms with Gasteiger partial charge >= 0.3 is 5.69 Å². The van der Waals surface area contributed by atoms with Crippen LogP contribution in [0, 0.1) is 6.92 Å². The first-order valence-electron chi connectivity index (χ1n) is 8.88. The summed E-state index contributed by atoms with van der Waals surface area (Å²) in [5, 5.41) is 15.1. The molecular formula is C18H23N3O5S. The van der Waals surface area contributed by atoms with Gasteiger partial charge in [-0.1, -0.05) is 6.07 Å². The molecule has 1 saturated heterocycles. The van der Waals surface area contributed by atoms with Crippen molar-refractivity contribution in [3.05, 3.63) is 55.0 Å². The van der Waals surface area contributed by atoms with Crippen molar-refractivity contribution in [1.29, 1.82) is 0 Å². The average molecular weight is 393 g/mol. The van der Waals surface area contributed by atoms with Crippen LogP contribution in [0.5, 0.6) is 0 Å². The Morgan fingerprint density at radius 3 is 3.04 bits per heavy atom. The molecule has 1 fully saturated rings. The molecule has 2 aromatic heterocycles. The maximum absolute atomic E-state index is 12.0. The van der Waals surface area contributed by atoms with Gasteiger partial charge in [-0.05, 0) is 31.2 Å². The van der Waals surface area contributed by atoms with Gasteiger partial charge in [-0.15, -0.1) is 11.3 Å². The number of amides is 1. The molecule has 0 unspecified atom stereocenters. The van der Waals surface area contributed by atoms with Gasteiger partial charge in [-0.3, -0.25) is 19.1 Å². The van der Waals surface area contributed by atoms with Crippen molar-refractivity contribution in [1.82, 2.24) is 14.9 Å². The van der Waals surface area contributed by atoms with Gasteiger partial charge in [0.1, 0.15) is 6.23 Å². The molecule has 3 atom stereocenters. The molecule has 0 spiro atoms. The summed E-state index contributed by atoms with van der Waals surface area (Å²) in [7, 11) is 0. The number of thiophene rings is 1. The average Bonchev–Trinajstić information content (AvgIpc) is 3.26. The number of hydrogen-bond donors (Lipinski definition) is 3. The van der Waals surface area contributed by atoms with E-state index in [1.165, 1.54) is 15.6 Å². The fraction of sp³-hybridized carbons (Fsp3) is 0.500. The van der Waals surface area contributed by atoms with E-state index in [1.54, 1.807) is 18.3 Å². The van der Waals surface area contributed by atoms with Crippen LogP contribution < -0.4 is 16.6 Å². The third-order valence-corrected chi connectivity index (χ3v) is 5.53. The first kappa shape index (κ1) is 19.5. The van der Waals surface area contributed by atoms with Crippen LogP contribution in [0.15, 0.2) is 33.3 Å². The van der Waals surface area contributed by atoms with Gasteiger partial charge < -0.3 is 15.2 Å². The summed E-state index contributed by atoms with van der Waals surface area (Å²) in [6.07, 6.45) is 1.09. The van der Waals surface area contributed by atoms with E-state index in [4.69, 9.17) is 4.74 Å². The summed E-state index contributed by atoms with van der Waals surface area (Å²) in [5.74, 6) is -0.0946. The number of carbonyl (C=O) groups is 1. The van der Waals surface area contributed by atoms with Gasteiger partial charge in [0.15, 0.2) is 0 Å². The van der Waals surface area contributed by atoms with Gasteiger partial charge in [-0.2, -0.15) is 0 Å². The highest BCUT2D eigenvalue weighted by Crippen LogP contribution is 2.30. The predicted molar refractivity (Wildman–Crippen MR) is 101 cm³/mol. The zero-order valence-corrected chi connectivity index (χ0v) is 15.8. The van der Waals surface area contributed by atoms with E-state index in [9.17, 15) is 19.5 Å². The SMILES string of the molecule is Cc1cn([C@H]2C[C@H](O)[C@@H](CCC(=O)NCCc3cccs3)O2)c(=O)[nH]c1=O. The van der Waals surface area contributed by atoms with Crippen LogP contribution in [0.25, 0.3) is 0 Å². The van der Waals surface area contributed by atoms with E-state index in [-0.39, 0.29) is 18.7 Å². The fourth-order valence-corrected chi connectivity index (χ4v) is 3.80. The number of rotatable bonds is 7. The lowest BCUT2D eigenvalue weighted by atomic mass is 10.1. The molecule has 8 nitrogen and oxygen atoms in total. The van der Waals surface area contributed by atoms with E-state index < -0.39 is 29.7 Å². The van der Waals surface area contributed by atoms with E-state index in [1.807, 2.05) is 17.5 Å². The molecule has 3 N–H and O–H groups in total. The van der Waals surface area contributed by atoms with Gasteiger partial charge in [0, 0.05) is 36.0 Å². The topological polar surface area (TPSA) is 113 Å². The molecule has 1 aliphatic heterocycles. The van der Waals surface area contributed by atoms with Crippen LogP contribution in [0.1, 0.15) is 35.9 Å². The standard InChI is InChI=1S/C18H23N3O5S/c1-11-10-21(18(25)20-17(11)24)16-9-13(22)14(26-16)4-5-15(23)19-7-6-12-3-2-8-27-12/h2-3,8,10,13-14,16,22H,4-7,9H2,1H3,(H,19,23)(H,20,24,25)/t13-,14+,16+/m0/s1. The highest BCUT2D eigenvalue weighted by atomic mass is 32.1. The molecule has 0 saturated carbocycles. The quantitative estimate of drug-likeness (QED) is 0.641. The Labute approximate surface area is 159 Å². The number of aromatic amines is 1. The Kier molecular flexibility index (Phi) is 6.25. The summed E-state index contributed by atoms with van der Waals surface area (Å²) in [5.41, 5.74) is -0.624. The number of nitrogens with one attached hydrogen (secondary N) is 2. The number of H-pyrrole nitrogens is 1. The Bertz CT molecular complexity index is 889. The summed E-state index contributed by atoms with van der Waals surface area (Å²) in [6.45, 7) is 2.17. The molecular weight excluding hydrogens is 370 g/mol. The molecule has 1 amide bonds. The zero-order valence-electron chi connectivity index (χ0n) is 15.0. The lowest BCUT2D eigenvalue weighted by Gasteiger charge is -2.16. The summed E-state index contributed by atoms with van der Waals surface area (Å²) >= 11 is 1.66. The number of ether oxygens (including phenoxy) is 1. The highest BCUT2D eigenvalue weighted by molar-refractivity contribution is 7.09. The van der Waals surface area contributed by atoms with E-state index in [2.05, 4.69) is 10.3 Å². The maximum atomic E-state index is 12.0. The van der Waals surface area contributed by atoms with Gasteiger partial charge in [0.05, 0.1) is 12.2 Å². The van der Waals surface area contributed by atoms with Gasteiger partial charge in [0.2, 0.25) is 5.91 Å². The molecule has 146 valence electrons. The fourth-order valence-electron chi connectivity index (χ4n) is 3.09. The van der Waals surface area contributed by atoms with Crippen molar-refractivity contribution in [2.45, 2.75) is 51.0 Å². The molecule has 27 heavy (non-hydrogen) atoms. The van der Waals surface area contributed by atoms with Crippen molar-refractivity contribution in [2.24, 2.45) is 0 Å². The largest absolute Gasteiger partial charge is 0.390 e. The number of aromatic nitrogens is 2. The van der Waals surface area contributed by atoms with E-state index >= 15 is 0 Å². The lowest BCUT2D eigenvalue weighted by Crippen LogP contribution is -2.33. The second-order valence-electron chi connectivity index (χ2n) is 6.63. The van der Waals surface area contributed by atoms with Gasteiger partial charge in [0.25, 0.3) is 5.56 Å². The normalized spacial score (nSPS) is 22.1. The molecule has 0 radical (unpaired) electrons. The minimum atomic E-state index is -0.770. The Hall–Kier alpha value is -2.23.